The molecule has 0 aliphatic heterocycles. The Morgan fingerprint density at radius 2 is 1.92 bits per heavy atom. The molecular formula is C10H13O2. The second-order valence-corrected chi connectivity index (χ2v) is 2.66. The van der Waals surface area contributed by atoms with Gasteiger partial charge in [0, 0.05) is 0 Å². The van der Waals surface area contributed by atoms with Gasteiger partial charge in [-0.1, -0.05) is 37.3 Å². The molecule has 0 fully saturated rings. The van der Waals surface area contributed by atoms with Crippen molar-refractivity contribution in [2.75, 3.05) is 0 Å². The van der Waals surface area contributed by atoms with Crippen molar-refractivity contribution in [3.63, 3.8) is 0 Å². The van der Waals surface area contributed by atoms with E-state index in [4.69, 9.17) is 0 Å². The zero-order valence-corrected chi connectivity index (χ0v) is 7.07. The number of aliphatic hydroxyl groups excluding tert-OH is 2. The summed E-state index contributed by atoms with van der Waals surface area (Å²) in [4.78, 5) is 0. The van der Waals surface area contributed by atoms with Gasteiger partial charge in [0.05, 0.1) is 0 Å². The number of hydrogen-bond donors (Lipinski definition) is 2. The third-order valence-corrected chi connectivity index (χ3v) is 1.79. The van der Waals surface area contributed by atoms with E-state index in [9.17, 15) is 10.2 Å². The van der Waals surface area contributed by atoms with Gasteiger partial charge in [-0.05, 0) is 12.0 Å². The largest absolute Gasteiger partial charge is 0.385 e. The van der Waals surface area contributed by atoms with E-state index < -0.39 is 6.10 Å². The van der Waals surface area contributed by atoms with Crippen molar-refractivity contribution >= 4 is 0 Å². The molecule has 2 nitrogen and oxygen atoms in total. The molecular weight excluding hydrogens is 152 g/mol. The Kier molecular flexibility index (Phi) is 3.26. The monoisotopic (exact) mass is 165 g/mol. The van der Waals surface area contributed by atoms with Crippen LogP contribution in [0, 0.1) is 6.10 Å². The van der Waals surface area contributed by atoms with Gasteiger partial charge in [-0.2, -0.15) is 0 Å². The molecule has 65 valence electrons. The van der Waals surface area contributed by atoms with Crippen molar-refractivity contribution in [2.24, 2.45) is 0 Å². The normalized spacial score (nSPS) is 13.3. The molecule has 2 N–H and O–H groups in total. The second kappa shape index (κ2) is 4.24. The molecule has 1 aromatic carbocycles. The fraction of sp³-hybridized carbons (Fsp3) is 0.300. The molecule has 1 atom stereocenters. The van der Waals surface area contributed by atoms with Gasteiger partial charge in [-0.3, -0.25) is 0 Å². The van der Waals surface area contributed by atoms with Crippen LogP contribution in [0.15, 0.2) is 30.3 Å². The van der Waals surface area contributed by atoms with Gasteiger partial charge in [0.15, 0.2) is 0 Å². The SMILES string of the molecule is CC[C](O)C(O)c1ccccc1. The number of benzene rings is 1. The van der Waals surface area contributed by atoms with Gasteiger partial charge in [0.1, 0.15) is 12.2 Å². The minimum absolute atomic E-state index is 0.112. The van der Waals surface area contributed by atoms with Gasteiger partial charge in [0.2, 0.25) is 0 Å². The fourth-order valence-corrected chi connectivity index (χ4v) is 1.02. The van der Waals surface area contributed by atoms with Crippen LogP contribution in [0.3, 0.4) is 0 Å². The van der Waals surface area contributed by atoms with Crippen molar-refractivity contribution in [3.05, 3.63) is 42.0 Å². The predicted octanol–water partition coefficient (Wildman–Crippen LogP) is 2.03. The highest BCUT2D eigenvalue weighted by Crippen LogP contribution is 2.23. The fourth-order valence-electron chi connectivity index (χ4n) is 1.02. The number of aliphatic hydroxyl groups is 2. The van der Waals surface area contributed by atoms with Crippen molar-refractivity contribution in [3.8, 4) is 0 Å². The Bertz CT molecular complexity index is 221. The zero-order valence-electron chi connectivity index (χ0n) is 7.07. The Morgan fingerprint density at radius 1 is 1.33 bits per heavy atom. The second-order valence-electron chi connectivity index (χ2n) is 2.66. The molecule has 2 heteroatoms. The number of rotatable bonds is 3. The van der Waals surface area contributed by atoms with E-state index in [-0.39, 0.29) is 6.10 Å². The first-order valence-corrected chi connectivity index (χ1v) is 4.03. The number of hydrogen-bond acceptors (Lipinski definition) is 2. The molecule has 12 heavy (non-hydrogen) atoms. The van der Waals surface area contributed by atoms with Crippen LogP contribution in [-0.4, -0.2) is 10.2 Å². The van der Waals surface area contributed by atoms with Crippen LogP contribution >= 0.6 is 0 Å². The lowest BCUT2D eigenvalue weighted by Crippen LogP contribution is -2.08. The summed E-state index contributed by atoms with van der Waals surface area (Å²) in [6, 6.07) is 9.12. The summed E-state index contributed by atoms with van der Waals surface area (Å²) in [6.07, 6.45) is -0.242. The van der Waals surface area contributed by atoms with Crippen LogP contribution in [0.2, 0.25) is 0 Å². The van der Waals surface area contributed by atoms with Crippen LogP contribution < -0.4 is 0 Å². The maximum absolute atomic E-state index is 9.50. The maximum atomic E-state index is 9.50. The van der Waals surface area contributed by atoms with Crippen LogP contribution in [0.5, 0.6) is 0 Å². The lowest BCUT2D eigenvalue weighted by Gasteiger charge is -2.14. The molecule has 1 aromatic rings. The van der Waals surface area contributed by atoms with Gasteiger partial charge in [-0.25, -0.2) is 0 Å². The van der Waals surface area contributed by atoms with E-state index in [1.807, 2.05) is 25.1 Å². The molecule has 0 bridgehead atoms. The van der Waals surface area contributed by atoms with Crippen LogP contribution in [-0.2, 0) is 0 Å². The molecule has 1 rings (SSSR count). The van der Waals surface area contributed by atoms with Gasteiger partial charge in [0.25, 0.3) is 0 Å². The molecule has 0 spiro atoms. The Morgan fingerprint density at radius 3 is 2.42 bits per heavy atom. The third-order valence-electron chi connectivity index (χ3n) is 1.79. The van der Waals surface area contributed by atoms with Crippen molar-refractivity contribution in [1.29, 1.82) is 0 Å². The average Bonchev–Trinajstić information content (AvgIpc) is 2.17. The van der Waals surface area contributed by atoms with Gasteiger partial charge < -0.3 is 10.2 Å². The summed E-state index contributed by atoms with van der Waals surface area (Å²) in [5.74, 6) is 0. The molecule has 0 aliphatic carbocycles. The first kappa shape index (κ1) is 9.23. The van der Waals surface area contributed by atoms with Crippen molar-refractivity contribution in [1.82, 2.24) is 0 Å². The van der Waals surface area contributed by atoms with E-state index in [2.05, 4.69) is 0 Å². The molecule has 0 heterocycles. The summed E-state index contributed by atoms with van der Waals surface area (Å²) in [5, 5.41) is 18.7. The summed E-state index contributed by atoms with van der Waals surface area (Å²) >= 11 is 0. The van der Waals surface area contributed by atoms with E-state index in [0.717, 1.165) is 5.56 Å². The van der Waals surface area contributed by atoms with Gasteiger partial charge >= 0.3 is 0 Å². The van der Waals surface area contributed by atoms with Crippen molar-refractivity contribution < 1.29 is 10.2 Å². The summed E-state index contributed by atoms with van der Waals surface area (Å²) < 4.78 is 0. The highest BCUT2D eigenvalue weighted by molar-refractivity contribution is 5.20. The molecule has 0 aliphatic rings. The molecule has 1 unspecified atom stereocenters. The lowest BCUT2D eigenvalue weighted by molar-refractivity contribution is 0.0942. The van der Waals surface area contributed by atoms with Gasteiger partial charge in [-0.15, -0.1) is 0 Å². The molecule has 1 radical (unpaired) electrons. The molecule has 0 saturated heterocycles. The lowest BCUT2D eigenvalue weighted by atomic mass is 10.0. The average molecular weight is 165 g/mol. The van der Waals surface area contributed by atoms with Crippen molar-refractivity contribution in [2.45, 2.75) is 19.4 Å². The minimum Gasteiger partial charge on any atom is -0.385 e. The van der Waals surface area contributed by atoms with Crippen LogP contribution in [0.1, 0.15) is 25.0 Å². The highest BCUT2D eigenvalue weighted by Gasteiger charge is 2.16. The van der Waals surface area contributed by atoms with E-state index in [1.54, 1.807) is 12.1 Å². The Balaban J connectivity index is 2.71. The molecule has 0 amide bonds. The van der Waals surface area contributed by atoms with Crippen LogP contribution in [0.25, 0.3) is 0 Å². The first-order valence-electron chi connectivity index (χ1n) is 4.03. The zero-order chi connectivity index (χ0) is 8.97. The van der Waals surface area contributed by atoms with Crippen LogP contribution in [0.4, 0.5) is 0 Å². The summed E-state index contributed by atoms with van der Waals surface area (Å²) in [6.45, 7) is 1.81. The predicted molar refractivity (Wildman–Crippen MR) is 46.9 cm³/mol. The smallest absolute Gasteiger partial charge is 0.126 e. The van der Waals surface area contributed by atoms with E-state index >= 15 is 0 Å². The highest BCUT2D eigenvalue weighted by atomic mass is 16.3. The van der Waals surface area contributed by atoms with E-state index in [0.29, 0.717) is 6.42 Å². The molecule has 0 saturated carbocycles. The third kappa shape index (κ3) is 2.06. The van der Waals surface area contributed by atoms with E-state index in [1.165, 1.54) is 0 Å². The summed E-state index contributed by atoms with van der Waals surface area (Å²) in [5.41, 5.74) is 0.733. The standard InChI is InChI=1S/C10H13O2/c1-2-9(11)10(12)8-6-4-3-5-7-8/h3-7,10-12H,2H2,1H3. The molecule has 0 aromatic heterocycles. The Hall–Kier alpha value is -0.860. The Labute approximate surface area is 72.5 Å². The maximum Gasteiger partial charge on any atom is 0.126 e. The first-order chi connectivity index (χ1) is 5.75. The quantitative estimate of drug-likeness (QED) is 0.719. The topological polar surface area (TPSA) is 40.5 Å². The summed E-state index contributed by atoms with van der Waals surface area (Å²) in [7, 11) is 0. The minimum atomic E-state index is -0.837.